The first-order chi connectivity index (χ1) is 8.17. The summed E-state index contributed by atoms with van der Waals surface area (Å²) in [6, 6.07) is 6.46. The monoisotopic (exact) mass is 232 g/mol. The van der Waals surface area contributed by atoms with E-state index in [0.29, 0.717) is 5.92 Å². The highest BCUT2D eigenvalue weighted by atomic mass is 16.5. The van der Waals surface area contributed by atoms with Gasteiger partial charge in [0.2, 0.25) is 0 Å². The molecule has 0 aliphatic rings. The third-order valence-electron chi connectivity index (χ3n) is 2.74. The normalized spacial score (nSPS) is 12.9. The molecule has 0 spiro atoms. The van der Waals surface area contributed by atoms with Crippen LogP contribution in [0.3, 0.4) is 0 Å². The van der Waals surface area contributed by atoms with Crippen LogP contribution in [-0.4, -0.2) is 6.61 Å². The fraction of sp³-hybridized carbons (Fsp3) is 0.500. The van der Waals surface area contributed by atoms with E-state index in [1.54, 1.807) is 0 Å². The van der Waals surface area contributed by atoms with Crippen LogP contribution in [-0.2, 0) is 6.42 Å². The summed E-state index contributed by atoms with van der Waals surface area (Å²) in [4.78, 5) is 0. The van der Waals surface area contributed by atoms with Crippen LogP contribution in [0, 0.1) is 12.8 Å². The molecule has 0 fully saturated rings. The summed E-state index contributed by atoms with van der Waals surface area (Å²) < 4.78 is 5.80. The molecular formula is C16H24O. The summed E-state index contributed by atoms with van der Waals surface area (Å²) in [5.41, 5.74) is 2.63. The van der Waals surface area contributed by atoms with Crippen LogP contribution in [0.4, 0.5) is 0 Å². The van der Waals surface area contributed by atoms with Gasteiger partial charge in [-0.25, -0.2) is 0 Å². The van der Waals surface area contributed by atoms with Gasteiger partial charge in [-0.15, -0.1) is 0 Å². The Hall–Kier alpha value is -1.24. The molecular weight excluding hydrogens is 208 g/mol. The van der Waals surface area contributed by atoms with Crippen LogP contribution in [0.2, 0.25) is 0 Å². The third kappa shape index (κ3) is 4.64. The van der Waals surface area contributed by atoms with Gasteiger partial charge < -0.3 is 4.74 Å². The van der Waals surface area contributed by atoms with E-state index in [-0.39, 0.29) is 0 Å². The number of rotatable bonds is 6. The summed E-state index contributed by atoms with van der Waals surface area (Å²) >= 11 is 0. The minimum absolute atomic E-state index is 0.561. The van der Waals surface area contributed by atoms with Gasteiger partial charge in [0.05, 0.1) is 6.61 Å². The van der Waals surface area contributed by atoms with Crippen molar-refractivity contribution in [3.63, 3.8) is 0 Å². The van der Waals surface area contributed by atoms with E-state index < -0.39 is 0 Å². The summed E-state index contributed by atoms with van der Waals surface area (Å²) in [6.45, 7) is 9.38. The van der Waals surface area contributed by atoms with Crippen molar-refractivity contribution >= 4 is 0 Å². The van der Waals surface area contributed by atoms with Crippen LogP contribution in [0.15, 0.2) is 30.4 Å². The Morgan fingerprint density at radius 1 is 1.35 bits per heavy atom. The Bertz CT molecular complexity index is 366. The zero-order chi connectivity index (χ0) is 12.7. The van der Waals surface area contributed by atoms with Crippen molar-refractivity contribution in [2.24, 2.45) is 5.92 Å². The smallest absolute Gasteiger partial charge is 0.122 e. The van der Waals surface area contributed by atoms with Crippen LogP contribution in [0.1, 0.15) is 38.3 Å². The van der Waals surface area contributed by atoms with Gasteiger partial charge in [-0.3, -0.25) is 0 Å². The quantitative estimate of drug-likeness (QED) is 0.654. The van der Waals surface area contributed by atoms with Crippen molar-refractivity contribution in [1.29, 1.82) is 0 Å². The molecule has 0 N–H and O–H groups in total. The summed E-state index contributed by atoms with van der Waals surface area (Å²) in [5, 5.41) is 0. The number of ether oxygens (including phenoxy) is 1. The molecule has 0 aliphatic heterocycles. The predicted octanol–water partition coefficient (Wildman–Crippen LogP) is 4.54. The number of allylic oxidation sites excluding steroid dienone is 2. The molecule has 1 aromatic carbocycles. The van der Waals surface area contributed by atoms with Crippen LogP contribution in [0.5, 0.6) is 5.75 Å². The van der Waals surface area contributed by atoms with Crippen molar-refractivity contribution in [2.45, 2.75) is 40.5 Å². The minimum Gasteiger partial charge on any atom is -0.493 e. The molecule has 1 atom stereocenters. The van der Waals surface area contributed by atoms with Crippen molar-refractivity contribution in [3.8, 4) is 5.75 Å². The molecule has 94 valence electrons. The lowest BCUT2D eigenvalue weighted by Gasteiger charge is -2.14. The summed E-state index contributed by atoms with van der Waals surface area (Å²) in [6.07, 6.45) is 6.46. The molecule has 0 aromatic heterocycles. The average molecular weight is 232 g/mol. The molecule has 0 amide bonds. The van der Waals surface area contributed by atoms with E-state index in [1.165, 1.54) is 11.1 Å². The molecule has 1 nitrogen and oxygen atoms in total. The Balaban J connectivity index is 2.82. The van der Waals surface area contributed by atoms with Crippen molar-refractivity contribution in [3.05, 3.63) is 41.5 Å². The van der Waals surface area contributed by atoms with E-state index in [0.717, 1.165) is 25.2 Å². The van der Waals surface area contributed by atoms with Gasteiger partial charge in [-0.1, -0.05) is 43.7 Å². The van der Waals surface area contributed by atoms with Crippen molar-refractivity contribution in [2.75, 3.05) is 6.61 Å². The largest absolute Gasteiger partial charge is 0.493 e. The van der Waals surface area contributed by atoms with E-state index in [9.17, 15) is 0 Å². The van der Waals surface area contributed by atoms with Gasteiger partial charge in [0.25, 0.3) is 0 Å². The number of aryl methyl sites for hydroxylation is 1. The third-order valence-corrected chi connectivity index (χ3v) is 2.74. The molecule has 1 unspecified atom stereocenters. The van der Waals surface area contributed by atoms with E-state index >= 15 is 0 Å². The zero-order valence-electron chi connectivity index (χ0n) is 11.5. The molecule has 1 aromatic rings. The Kier molecular flexibility index (Phi) is 5.82. The van der Waals surface area contributed by atoms with E-state index in [4.69, 9.17) is 4.74 Å². The molecule has 17 heavy (non-hydrogen) atoms. The van der Waals surface area contributed by atoms with Gasteiger partial charge in [-0.05, 0) is 44.2 Å². The summed E-state index contributed by atoms with van der Waals surface area (Å²) in [7, 11) is 0. The Labute approximate surface area is 106 Å². The topological polar surface area (TPSA) is 9.23 Å². The highest BCUT2D eigenvalue weighted by Crippen LogP contribution is 2.23. The van der Waals surface area contributed by atoms with Gasteiger partial charge >= 0.3 is 0 Å². The average Bonchev–Trinajstić information content (AvgIpc) is 2.28. The first-order valence-corrected chi connectivity index (χ1v) is 6.52. The van der Waals surface area contributed by atoms with Crippen LogP contribution in [0.25, 0.3) is 0 Å². The Morgan fingerprint density at radius 2 is 2.12 bits per heavy atom. The molecule has 0 heterocycles. The highest BCUT2D eigenvalue weighted by Gasteiger charge is 2.07. The molecule has 1 rings (SSSR count). The van der Waals surface area contributed by atoms with Gasteiger partial charge in [0.1, 0.15) is 5.75 Å². The summed E-state index contributed by atoms with van der Waals surface area (Å²) in [5.74, 6) is 1.61. The molecule has 0 radical (unpaired) electrons. The van der Waals surface area contributed by atoms with E-state index in [1.807, 2.05) is 0 Å². The lowest BCUT2D eigenvalue weighted by molar-refractivity contribution is 0.313. The molecule has 1 heteroatoms. The maximum atomic E-state index is 5.80. The first-order valence-electron chi connectivity index (χ1n) is 6.52. The van der Waals surface area contributed by atoms with Gasteiger partial charge in [0, 0.05) is 0 Å². The van der Waals surface area contributed by atoms with Crippen LogP contribution >= 0.6 is 0 Å². The molecule has 0 saturated carbocycles. The number of benzene rings is 1. The fourth-order valence-electron chi connectivity index (χ4n) is 1.96. The van der Waals surface area contributed by atoms with Crippen molar-refractivity contribution in [1.82, 2.24) is 0 Å². The SMILES string of the molecule is C/C=C\C(C)Cc1cc(C)ccc1OCCC. The van der Waals surface area contributed by atoms with Crippen molar-refractivity contribution < 1.29 is 4.74 Å². The zero-order valence-corrected chi connectivity index (χ0v) is 11.5. The highest BCUT2D eigenvalue weighted by molar-refractivity contribution is 5.37. The van der Waals surface area contributed by atoms with Gasteiger partial charge in [0.15, 0.2) is 0 Å². The maximum Gasteiger partial charge on any atom is 0.122 e. The van der Waals surface area contributed by atoms with Gasteiger partial charge in [-0.2, -0.15) is 0 Å². The second kappa shape index (κ2) is 7.16. The number of hydrogen-bond acceptors (Lipinski definition) is 1. The maximum absolute atomic E-state index is 5.80. The lowest BCUT2D eigenvalue weighted by atomic mass is 9.98. The minimum atomic E-state index is 0.561. The molecule has 0 saturated heterocycles. The fourth-order valence-corrected chi connectivity index (χ4v) is 1.96. The standard InChI is InChI=1S/C16H24O/c1-5-7-13(3)11-15-12-14(4)8-9-16(15)17-10-6-2/h5,7-9,12-13H,6,10-11H2,1-4H3/b7-5-. The predicted molar refractivity (Wildman–Crippen MR) is 74.6 cm³/mol. The second-order valence-electron chi connectivity index (χ2n) is 4.67. The first kappa shape index (κ1) is 13.8. The number of hydrogen-bond donors (Lipinski definition) is 0. The van der Waals surface area contributed by atoms with Crippen LogP contribution < -0.4 is 4.74 Å². The lowest BCUT2D eigenvalue weighted by Crippen LogP contribution is -2.02. The molecule has 0 bridgehead atoms. The second-order valence-corrected chi connectivity index (χ2v) is 4.67. The molecule has 0 aliphatic carbocycles. The Morgan fingerprint density at radius 3 is 2.76 bits per heavy atom. The van der Waals surface area contributed by atoms with E-state index in [2.05, 4.69) is 58.0 Å².